The lowest BCUT2D eigenvalue weighted by molar-refractivity contribution is -0.134. The van der Waals surface area contributed by atoms with Crippen molar-refractivity contribution < 1.29 is 14.4 Å². The van der Waals surface area contributed by atoms with Gasteiger partial charge in [-0.05, 0) is 62.1 Å². The Labute approximate surface area is 180 Å². The maximum atomic E-state index is 13.3. The molecule has 7 heteroatoms. The molecule has 0 bridgehead atoms. The van der Waals surface area contributed by atoms with Crippen molar-refractivity contribution in [1.29, 1.82) is 0 Å². The Hall–Kier alpha value is -2.80. The molecular formula is C23H25N3O3S. The number of anilines is 2. The summed E-state index contributed by atoms with van der Waals surface area (Å²) in [6, 6.07) is 13.1. The van der Waals surface area contributed by atoms with Gasteiger partial charge in [-0.15, -0.1) is 11.8 Å². The molecule has 0 saturated carbocycles. The molecule has 0 unspecified atom stereocenters. The van der Waals surface area contributed by atoms with E-state index >= 15 is 0 Å². The van der Waals surface area contributed by atoms with Crippen molar-refractivity contribution in [2.45, 2.75) is 36.8 Å². The Balaban J connectivity index is 1.55. The highest BCUT2D eigenvalue weighted by atomic mass is 32.2. The Morgan fingerprint density at radius 3 is 2.53 bits per heavy atom. The molecule has 2 aliphatic rings. The van der Waals surface area contributed by atoms with Gasteiger partial charge in [0.1, 0.15) is 6.54 Å². The third-order valence-corrected chi connectivity index (χ3v) is 6.86. The fraction of sp³-hybridized carbons (Fsp3) is 0.348. The molecule has 2 aromatic carbocycles. The number of likely N-dealkylation sites (tertiary alicyclic amines) is 1. The van der Waals surface area contributed by atoms with Gasteiger partial charge in [0.2, 0.25) is 11.8 Å². The number of para-hydroxylation sites is 1. The maximum absolute atomic E-state index is 13.3. The van der Waals surface area contributed by atoms with Gasteiger partial charge in [0, 0.05) is 23.7 Å². The van der Waals surface area contributed by atoms with Crippen molar-refractivity contribution in [1.82, 2.24) is 4.90 Å². The zero-order valence-electron chi connectivity index (χ0n) is 17.2. The smallest absolute Gasteiger partial charge is 0.250 e. The first-order valence-electron chi connectivity index (χ1n) is 10.2. The van der Waals surface area contributed by atoms with Gasteiger partial charge in [0.25, 0.3) is 5.91 Å². The first-order chi connectivity index (χ1) is 14.4. The van der Waals surface area contributed by atoms with Gasteiger partial charge in [-0.3, -0.25) is 14.4 Å². The lowest BCUT2D eigenvalue weighted by Crippen LogP contribution is -2.51. The number of carbonyl (C=O) groups excluding carboxylic acids is 3. The number of rotatable bonds is 4. The summed E-state index contributed by atoms with van der Waals surface area (Å²) >= 11 is 1.28. The van der Waals surface area contributed by atoms with Crippen LogP contribution in [0.3, 0.4) is 0 Å². The molecule has 4 rings (SSSR count). The summed E-state index contributed by atoms with van der Waals surface area (Å²) in [6.45, 7) is 5.25. The number of benzene rings is 2. The SMILES string of the molecule is Cc1ccc(NC(=O)CN2C(=O)[C@@H](C(=O)N3CCCC3)Sc3ccccc32)cc1C. The van der Waals surface area contributed by atoms with Crippen LogP contribution in [0.15, 0.2) is 47.4 Å². The lowest BCUT2D eigenvalue weighted by atomic mass is 10.1. The highest BCUT2D eigenvalue weighted by Gasteiger charge is 2.41. The van der Waals surface area contributed by atoms with Crippen LogP contribution in [0, 0.1) is 13.8 Å². The summed E-state index contributed by atoms with van der Waals surface area (Å²) in [7, 11) is 0. The normalized spacial score (nSPS) is 18.3. The van der Waals surface area contributed by atoms with Crippen LogP contribution in [0.1, 0.15) is 24.0 Å². The molecule has 156 valence electrons. The molecule has 1 fully saturated rings. The molecule has 2 heterocycles. The van der Waals surface area contributed by atoms with Crippen LogP contribution in [0.2, 0.25) is 0 Å². The quantitative estimate of drug-likeness (QED) is 0.766. The minimum Gasteiger partial charge on any atom is -0.341 e. The van der Waals surface area contributed by atoms with E-state index in [4.69, 9.17) is 0 Å². The van der Waals surface area contributed by atoms with E-state index in [1.165, 1.54) is 16.7 Å². The summed E-state index contributed by atoms with van der Waals surface area (Å²) in [6.07, 6.45) is 1.94. The summed E-state index contributed by atoms with van der Waals surface area (Å²) in [5, 5.41) is 2.03. The number of fused-ring (bicyclic) bond motifs is 1. The molecular weight excluding hydrogens is 398 g/mol. The van der Waals surface area contributed by atoms with Crippen LogP contribution in [-0.2, 0) is 14.4 Å². The molecule has 30 heavy (non-hydrogen) atoms. The number of hydrogen-bond donors (Lipinski definition) is 1. The highest BCUT2D eigenvalue weighted by Crippen LogP contribution is 2.40. The number of thioether (sulfide) groups is 1. The lowest BCUT2D eigenvalue weighted by Gasteiger charge is -2.34. The third-order valence-electron chi connectivity index (χ3n) is 5.63. The minimum atomic E-state index is -0.840. The summed E-state index contributed by atoms with van der Waals surface area (Å²) < 4.78 is 0. The Morgan fingerprint density at radius 1 is 1.07 bits per heavy atom. The fourth-order valence-electron chi connectivity index (χ4n) is 3.80. The van der Waals surface area contributed by atoms with E-state index in [2.05, 4.69) is 5.32 Å². The van der Waals surface area contributed by atoms with Gasteiger partial charge >= 0.3 is 0 Å². The average Bonchev–Trinajstić information content (AvgIpc) is 3.27. The van der Waals surface area contributed by atoms with Crippen LogP contribution in [0.4, 0.5) is 11.4 Å². The maximum Gasteiger partial charge on any atom is 0.250 e. The topological polar surface area (TPSA) is 69.7 Å². The number of amides is 3. The second kappa shape index (κ2) is 8.52. The van der Waals surface area contributed by atoms with Crippen LogP contribution < -0.4 is 10.2 Å². The predicted octanol–water partition coefficient (Wildman–Crippen LogP) is 3.37. The van der Waals surface area contributed by atoms with E-state index < -0.39 is 5.25 Å². The standard InChI is InChI=1S/C23H25N3O3S/c1-15-9-10-17(13-16(15)2)24-20(27)14-26-18-7-3-4-8-19(18)30-21(23(26)29)22(28)25-11-5-6-12-25/h3-4,7-10,13,21H,5-6,11-12,14H2,1-2H3,(H,24,27)/t21-/m1/s1. The molecule has 1 saturated heterocycles. The number of carbonyl (C=O) groups is 3. The van der Waals surface area contributed by atoms with E-state index in [0.717, 1.165) is 28.9 Å². The Bertz CT molecular complexity index is 1000. The van der Waals surface area contributed by atoms with Crippen LogP contribution in [0.5, 0.6) is 0 Å². The van der Waals surface area contributed by atoms with E-state index in [9.17, 15) is 14.4 Å². The highest BCUT2D eigenvalue weighted by molar-refractivity contribution is 8.01. The third kappa shape index (κ3) is 4.07. The van der Waals surface area contributed by atoms with Crippen LogP contribution in [-0.4, -0.2) is 47.5 Å². The molecule has 0 spiro atoms. The Morgan fingerprint density at radius 2 is 1.80 bits per heavy atom. The zero-order valence-corrected chi connectivity index (χ0v) is 18.0. The molecule has 1 atom stereocenters. The first-order valence-corrected chi connectivity index (χ1v) is 11.0. The molecule has 0 radical (unpaired) electrons. The largest absolute Gasteiger partial charge is 0.341 e. The fourth-order valence-corrected chi connectivity index (χ4v) is 4.99. The molecule has 2 aliphatic heterocycles. The molecule has 0 aromatic heterocycles. The van der Waals surface area contributed by atoms with Gasteiger partial charge in [-0.1, -0.05) is 18.2 Å². The van der Waals surface area contributed by atoms with Gasteiger partial charge in [0.15, 0.2) is 5.25 Å². The first kappa shape index (κ1) is 20.5. The van der Waals surface area contributed by atoms with Crippen molar-refractivity contribution in [2.24, 2.45) is 0 Å². The van der Waals surface area contributed by atoms with E-state index in [-0.39, 0.29) is 24.3 Å². The average molecular weight is 424 g/mol. The molecule has 1 N–H and O–H groups in total. The number of aryl methyl sites for hydroxylation is 2. The molecule has 0 aliphatic carbocycles. The summed E-state index contributed by atoms with van der Waals surface area (Å²) in [5.74, 6) is -0.775. The minimum absolute atomic E-state index is 0.132. The van der Waals surface area contributed by atoms with Crippen molar-refractivity contribution in [3.63, 3.8) is 0 Å². The van der Waals surface area contributed by atoms with Crippen LogP contribution >= 0.6 is 11.8 Å². The van der Waals surface area contributed by atoms with Gasteiger partial charge in [-0.25, -0.2) is 0 Å². The number of nitrogens with one attached hydrogen (secondary N) is 1. The van der Waals surface area contributed by atoms with Gasteiger partial charge in [-0.2, -0.15) is 0 Å². The Kier molecular flexibility index (Phi) is 5.81. The van der Waals surface area contributed by atoms with Crippen molar-refractivity contribution in [3.8, 4) is 0 Å². The molecule has 3 amide bonds. The van der Waals surface area contributed by atoms with Gasteiger partial charge < -0.3 is 15.1 Å². The van der Waals surface area contributed by atoms with E-state index in [1.54, 1.807) is 4.90 Å². The zero-order chi connectivity index (χ0) is 21.3. The van der Waals surface area contributed by atoms with E-state index in [1.807, 2.05) is 56.3 Å². The number of nitrogens with zero attached hydrogens (tertiary/aromatic N) is 2. The summed E-state index contributed by atoms with van der Waals surface area (Å²) in [4.78, 5) is 43.0. The second-order valence-corrected chi connectivity index (χ2v) is 8.92. The van der Waals surface area contributed by atoms with Crippen molar-refractivity contribution in [3.05, 3.63) is 53.6 Å². The monoisotopic (exact) mass is 423 g/mol. The molecule has 6 nitrogen and oxygen atoms in total. The number of hydrogen-bond acceptors (Lipinski definition) is 4. The predicted molar refractivity (Wildman–Crippen MR) is 119 cm³/mol. The molecule has 2 aromatic rings. The van der Waals surface area contributed by atoms with Gasteiger partial charge in [0.05, 0.1) is 5.69 Å². The van der Waals surface area contributed by atoms with E-state index in [0.29, 0.717) is 24.5 Å². The van der Waals surface area contributed by atoms with Crippen LogP contribution in [0.25, 0.3) is 0 Å². The summed E-state index contributed by atoms with van der Waals surface area (Å²) in [5.41, 5.74) is 3.60. The second-order valence-electron chi connectivity index (χ2n) is 7.77. The van der Waals surface area contributed by atoms with Crippen molar-refractivity contribution in [2.75, 3.05) is 29.9 Å². The van der Waals surface area contributed by atoms with Crippen molar-refractivity contribution >= 4 is 40.9 Å².